The van der Waals surface area contributed by atoms with E-state index >= 15 is 0 Å². The highest BCUT2D eigenvalue weighted by molar-refractivity contribution is 5.28. The zero-order chi connectivity index (χ0) is 12.3. The predicted molar refractivity (Wildman–Crippen MR) is 66.5 cm³/mol. The van der Waals surface area contributed by atoms with Gasteiger partial charge in [0.05, 0.1) is 18.8 Å². The van der Waals surface area contributed by atoms with Gasteiger partial charge in [0.15, 0.2) is 0 Å². The highest BCUT2D eigenvalue weighted by Crippen LogP contribution is 2.23. The lowest BCUT2D eigenvalue weighted by molar-refractivity contribution is -0.0269. The molecule has 1 heterocycles. The van der Waals surface area contributed by atoms with Crippen molar-refractivity contribution in [3.8, 4) is 6.07 Å². The molecule has 0 amide bonds. The number of hydrogen-bond acceptors (Lipinski definition) is 3. The van der Waals surface area contributed by atoms with Gasteiger partial charge in [0.1, 0.15) is 6.04 Å². The number of aryl methyl sites for hydroxylation is 1. The van der Waals surface area contributed by atoms with Crippen molar-refractivity contribution in [1.82, 2.24) is 4.90 Å². The second-order valence-corrected chi connectivity index (χ2v) is 4.62. The second-order valence-electron chi connectivity index (χ2n) is 4.62. The van der Waals surface area contributed by atoms with Gasteiger partial charge < -0.3 is 4.74 Å². The maximum absolute atomic E-state index is 9.38. The molecule has 0 N–H and O–H groups in total. The van der Waals surface area contributed by atoms with Crippen molar-refractivity contribution in [1.29, 1.82) is 5.26 Å². The van der Waals surface area contributed by atoms with E-state index in [4.69, 9.17) is 4.74 Å². The van der Waals surface area contributed by atoms with Crippen LogP contribution in [0.2, 0.25) is 0 Å². The fourth-order valence-electron chi connectivity index (χ4n) is 2.29. The number of nitriles is 1. The van der Waals surface area contributed by atoms with E-state index in [1.54, 1.807) is 0 Å². The van der Waals surface area contributed by atoms with Gasteiger partial charge in [0.2, 0.25) is 0 Å². The van der Waals surface area contributed by atoms with Crippen LogP contribution in [0.3, 0.4) is 0 Å². The Labute approximate surface area is 103 Å². The summed E-state index contributed by atoms with van der Waals surface area (Å²) < 4.78 is 5.51. The summed E-state index contributed by atoms with van der Waals surface area (Å²) in [7, 11) is 0. The third kappa shape index (κ3) is 2.85. The van der Waals surface area contributed by atoms with Gasteiger partial charge in [0, 0.05) is 13.1 Å². The highest BCUT2D eigenvalue weighted by Gasteiger charge is 2.25. The Hall–Kier alpha value is -1.37. The molecular formula is C14H18N2O. The lowest BCUT2D eigenvalue weighted by Gasteiger charge is -2.34. The lowest BCUT2D eigenvalue weighted by Crippen LogP contribution is -2.42. The number of nitrogens with zero attached hydrogens (tertiary/aromatic N) is 2. The van der Waals surface area contributed by atoms with Crippen LogP contribution in [0.1, 0.15) is 24.1 Å². The molecule has 0 aromatic heterocycles. The molecule has 1 aromatic rings. The first kappa shape index (κ1) is 12.1. The fourth-order valence-corrected chi connectivity index (χ4v) is 2.29. The summed E-state index contributed by atoms with van der Waals surface area (Å²) in [6.45, 7) is 6.48. The topological polar surface area (TPSA) is 36.3 Å². The van der Waals surface area contributed by atoms with Crippen molar-refractivity contribution in [2.24, 2.45) is 0 Å². The smallest absolute Gasteiger partial charge is 0.124 e. The van der Waals surface area contributed by atoms with Crippen molar-refractivity contribution in [2.75, 3.05) is 19.7 Å². The average molecular weight is 230 g/mol. The molecule has 1 aliphatic rings. The highest BCUT2D eigenvalue weighted by atomic mass is 16.5. The minimum absolute atomic E-state index is 0.152. The Morgan fingerprint density at radius 2 is 2.35 bits per heavy atom. The predicted octanol–water partition coefficient (Wildman–Crippen LogP) is 2.28. The zero-order valence-electron chi connectivity index (χ0n) is 10.4. The Balaban J connectivity index is 2.19. The minimum atomic E-state index is -0.152. The molecule has 2 rings (SSSR count). The van der Waals surface area contributed by atoms with E-state index in [1.165, 1.54) is 5.56 Å². The number of rotatable bonds is 2. The summed E-state index contributed by atoms with van der Waals surface area (Å²) in [6.07, 6.45) is 0.212. The quantitative estimate of drug-likeness (QED) is 0.782. The second kappa shape index (κ2) is 5.31. The molecule has 0 unspecified atom stereocenters. The SMILES string of the molecule is Cc1cccc([C@@H](C#N)N2CCO[C@H](C)C2)c1. The standard InChI is InChI=1S/C14H18N2O/c1-11-4-3-5-13(8-11)14(9-15)16-6-7-17-12(2)10-16/h3-5,8,12,14H,6-7,10H2,1-2H3/t12-,14-/m1/s1. The van der Waals surface area contributed by atoms with Gasteiger partial charge in [-0.05, 0) is 19.4 Å². The number of benzene rings is 1. The van der Waals surface area contributed by atoms with Gasteiger partial charge in [-0.15, -0.1) is 0 Å². The zero-order valence-corrected chi connectivity index (χ0v) is 10.4. The lowest BCUT2D eigenvalue weighted by atomic mass is 10.0. The van der Waals surface area contributed by atoms with Crippen molar-refractivity contribution < 1.29 is 4.74 Å². The van der Waals surface area contributed by atoms with Crippen LogP contribution in [0.15, 0.2) is 24.3 Å². The van der Waals surface area contributed by atoms with Crippen molar-refractivity contribution in [3.63, 3.8) is 0 Å². The third-order valence-electron chi connectivity index (χ3n) is 3.12. The molecule has 17 heavy (non-hydrogen) atoms. The Kier molecular flexibility index (Phi) is 3.78. The molecule has 0 saturated carbocycles. The van der Waals surface area contributed by atoms with Crippen LogP contribution in [-0.2, 0) is 4.74 Å². The molecule has 90 valence electrons. The molecule has 1 saturated heterocycles. The Morgan fingerprint density at radius 3 is 3.00 bits per heavy atom. The van der Waals surface area contributed by atoms with E-state index < -0.39 is 0 Å². The van der Waals surface area contributed by atoms with Crippen molar-refractivity contribution >= 4 is 0 Å². The van der Waals surface area contributed by atoms with Crippen LogP contribution < -0.4 is 0 Å². The first-order valence-electron chi connectivity index (χ1n) is 6.02. The molecule has 3 heteroatoms. The summed E-state index contributed by atoms with van der Waals surface area (Å²) in [6, 6.07) is 10.4. The van der Waals surface area contributed by atoms with E-state index in [0.717, 1.165) is 18.7 Å². The summed E-state index contributed by atoms with van der Waals surface area (Å²) in [4.78, 5) is 2.20. The van der Waals surface area contributed by atoms with Gasteiger partial charge in [-0.1, -0.05) is 29.8 Å². The summed E-state index contributed by atoms with van der Waals surface area (Å²) in [5.74, 6) is 0. The van der Waals surface area contributed by atoms with E-state index in [9.17, 15) is 5.26 Å². The van der Waals surface area contributed by atoms with Gasteiger partial charge >= 0.3 is 0 Å². The molecule has 0 radical (unpaired) electrons. The minimum Gasteiger partial charge on any atom is -0.376 e. The normalized spacial score (nSPS) is 23.0. The maximum Gasteiger partial charge on any atom is 0.124 e. The van der Waals surface area contributed by atoms with Crippen molar-refractivity contribution in [3.05, 3.63) is 35.4 Å². The van der Waals surface area contributed by atoms with Crippen molar-refractivity contribution in [2.45, 2.75) is 26.0 Å². The van der Waals surface area contributed by atoms with Gasteiger partial charge in [0.25, 0.3) is 0 Å². The molecule has 0 aliphatic carbocycles. The summed E-state index contributed by atoms with van der Waals surface area (Å²) >= 11 is 0. The first-order valence-corrected chi connectivity index (χ1v) is 6.02. The van der Waals surface area contributed by atoms with Crippen LogP contribution in [0.5, 0.6) is 0 Å². The molecule has 1 aromatic carbocycles. The third-order valence-corrected chi connectivity index (χ3v) is 3.12. The number of ether oxygens (including phenoxy) is 1. The van der Waals surface area contributed by atoms with Crippen LogP contribution >= 0.6 is 0 Å². The molecule has 0 bridgehead atoms. The molecule has 3 nitrogen and oxygen atoms in total. The van der Waals surface area contributed by atoms with Gasteiger partial charge in [-0.3, -0.25) is 4.90 Å². The van der Waals surface area contributed by atoms with Gasteiger partial charge in [-0.2, -0.15) is 5.26 Å². The van der Waals surface area contributed by atoms with E-state index in [0.29, 0.717) is 6.61 Å². The summed E-state index contributed by atoms with van der Waals surface area (Å²) in [5, 5.41) is 9.38. The van der Waals surface area contributed by atoms with Crippen LogP contribution in [0.4, 0.5) is 0 Å². The van der Waals surface area contributed by atoms with E-state index in [-0.39, 0.29) is 12.1 Å². The van der Waals surface area contributed by atoms with Crippen LogP contribution in [0, 0.1) is 18.3 Å². The monoisotopic (exact) mass is 230 g/mol. The van der Waals surface area contributed by atoms with Gasteiger partial charge in [-0.25, -0.2) is 0 Å². The fraction of sp³-hybridized carbons (Fsp3) is 0.500. The Bertz CT molecular complexity index is 424. The maximum atomic E-state index is 9.38. The molecule has 0 spiro atoms. The molecule has 2 atom stereocenters. The first-order chi connectivity index (χ1) is 8.20. The molecule has 1 fully saturated rings. The van der Waals surface area contributed by atoms with E-state index in [2.05, 4.69) is 36.9 Å². The van der Waals surface area contributed by atoms with E-state index in [1.807, 2.05) is 12.1 Å². The molecular weight excluding hydrogens is 212 g/mol. The number of hydrogen-bond donors (Lipinski definition) is 0. The summed E-state index contributed by atoms with van der Waals surface area (Å²) in [5.41, 5.74) is 2.28. The average Bonchev–Trinajstić information content (AvgIpc) is 2.30. The Morgan fingerprint density at radius 1 is 1.53 bits per heavy atom. The van der Waals surface area contributed by atoms with Crippen LogP contribution in [0.25, 0.3) is 0 Å². The largest absolute Gasteiger partial charge is 0.376 e. The van der Waals surface area contributed by atoms with Crippen LogP contribution in [-0.4, -0.2) is 30.7 Å². The molecule has 1 aliphatic heterocycles. The number of morpholine rings is 1.